The summed E-state index contributed by atoms with van der Waals surface area (Å²) in [6.07, 6.45) is 3.50. The molecule has 0 aromatic carbocycles. The summed E-state index contributed by atoms with van der Waals surface area (Å²) in [5.74, 6) is 0. The monoisotopic (exact) mass is 417 g/mol. The molecule has 1 aromatic heterocycles. The third-order valence-corrected chi connectivity index (χ3v) is 0.566. The van der Waals surface area contributed by atoms with Crippen molar-refractivity contribution in [2.24, 2.45) is 0 Å². The van der Waals surface area contributed by atoms with E-state index < -0.39 is 21.1 Å². The van der Waals surface area contributed by atoms with Crippen molar-refractivity contribution in [3.8, 4) is 0 Å². The lowest BCUT2D eigenvalue weighted by Crippen LogP contribution is -4.05. The number of pyridine rings is 1. The van der Waals surface area contributed by atoms with Gasteiger partial charge < -0.3 is 10.3 Å². The molecule has 4 nitrogen and oxygen atoms in total. The lowest BCUT2D eigenvalue weighted by Gasteiger charge is -1.84. The molecule has 0 aliphatic rings. The maximum Gasteiger partial charge on any atom is 0.389 e. The molecule has 0 aliphatic heterocycles. The van der Waals surface area contributed by atoms with Crippen LogP contribution in [-0.4, -0.2) is 4.98 Å². The third-order valence-electron chi connectivity index (χ3n) is 0.566. The highest BCUT2D eigenvalue weighted by Crippen LogP contribution is 1.73. The van der Waals surface area contributed by atoms with Gasteiger partial charge in [0.2, 0.25) is 8.91 Å². The average Bonchev–Trinajstić information content (AvgIpc) is 2.10. The second-order valence-corrected chi connectivity index (χ2v) is 2.29. The molecule has 1 aromatic rings. The second-order valence-electron chi connectivity index (χ2n) is 1.21. The van der Waals surface area contributed by atoms with E-state index in [1.165, 1.54) is 21.5 Å². The molecule has 0 aliphatic carbocycles. The van der Waals surface area contributed by atoms with Crippen molar-refractivity contribution in [1.29, 1.82) is 0 Å². The molecule has 0 saturated heterocycles. The lowest BCUT2D eigenvalue weighted by molar-refractivity contribution is -1.73. The molecule has 12 heavy (non-hydrogen) atoms. The van der Waals surface area contributed by atoms with Gasteiger partial charge in [0.15, 0.2) is 0 Å². The summed E-state index contributed by atoms with van der Waals surface area (Å²) in [4.78, 5) is 3.78. The van der Waals surface area contributed by atoms with Crippen LogP contribution in [0.2, 0.25) is 0 Å². The molecule has 1 heterocycles. The molecule has 0 saturated carbocycles. The van der Waals surface area contributed by atoms with Crippen LogP contribution in [0, 0.1) is 0 Å². The van der Waals surface area contributed by atoms with E-state index in [0.717, 1.165) is 0 Å². The summed E-state index contributed by atoms with van der Waals surface area (Å²) >= 11 is -2.59. The Labute approximate surface area is 96.5 Å². The number of hydrogen-bond donors (Lipinski definition) is 0. The van der Waals surface area contributed by atoms with E-state index in [1.54, 1.807) is 12.4 Å². The van der Waals surface area contributed by atoms with Crippen molar-refractivity contribution in [2.75, 3.05) is 0 Å². The van der Waals surface area contributed by atoms with Crippen molar-refractivity contribution in [2.45, 2.75) is 0 Å². The summed E-state index contributed by atoms with van der Waals surface area (Å²) in [5.41, 5.74) is 0. The van der Waals surface area contributed by atoms with Gasteiger partial charge in [-0.25, -0.2) is 0 Å². The number of nitrogens with zero attached hydrogens (tertiary/aromatic N) is 1. The molecular weight excluding hydrogens is 411 g/mol. The zero-order chi connectivity index (χ0) is 9.82. The Morgan fingerprint density at radius 1 is 1.00 bits per heavy atom. The summed E-state index contributed by atoms with van der Waals surface area (Å²) in [6, 6.07) is 5.72. The van der Waals surface area contributed by atoms with E-state index in [0.29, 0.717) is 0 Å². The largest absolute Gasteiger partial charge is 0.427 e. The van der Waals surface area contributed by atoms with Crippen molar-refractivity contribution in [3.63, 3.8) is 0 Å². The van der Waals surface area contributed by atoms with E-state index in [2.05, 4.69) is 13.9 Å². The van der Waals surface area contributed by atoms with Gasteiger partial charge in [-0.05, 0) is 12.1 Å². The fourth-order valence-electron chi connectivity index (χ4n) is 0.313. The van der Waals surface area contributed by atoms with Gasteiger partial charge in [0.05, 0.1) is 0 Å². The Kier molecular flexibility index (Phi) is 18.2. The van der Waals surface area contributed by atoms with Crippen molar-refractivity contribution < 1.29 is 52.8 Å². The molecule has 0 amide bonds. The highest BCUT2D eigenvalue weighted by molar-refractivity contribution is 6.02. The lowest BCUT2D eigenvalue weighted by atomic mass is 10.5. The second kappa shape index (κ2) is 14.3. The number of hydrogen-bond acceptors (Lipinski definition) is 4. The molecule has 0 radical (unpaired) electrons. The Balaban J connectivity index is 0. The summed E-state index contributed by atoms with van der Waals surface area (Å²) in [7, 11) is 4.65. The molecule has 7 heteroatoms. The first kappa shape index (κ1) is 15.3. The van der Waals surface area contributed by atoms with Gasteiger partial charge >= 0.3 is 21.5 Å². The Morgan fingerprint density at radius 2 is 1.33 bits per heavy atom. The molecule has 0 fully saturated rings. The molecule has 0 atom stereocenters. The van der Waals surface area contributed by atoms with Crippen LogP contribution < -0.4 is 52.8 Å². The van der Waals surface area contributed by atoms with Gasteiger partial charge in [-0.2, -0.15) is 0 Å². The highest BCUT2D eigenvalue weighted by Gasteiger charge is 1.70. The first-order valence-electron chi connectivity index (χ1n) is 2.47. The van der Waals surface area contributed by atoms with Crippen LogP contribution in [0.1, 0.15) is 0 Å². The molecule has 70 valence electrons. The topological polar surface area (TPSA) is 82.1 Å². The predicted molar refractivity (Wildman–Crippen MR) is 31.5 cm³/mol. The van der Waals surface area contributed by atoms with Gasteiger partial charge in [0.25, 0.3) is 21.1 Å². The summed E-state index contributed by atoms with van der Waals surface area (Å²) < 4.78 is 25.7. The zero-order valence-corrected chi connectivity index (χ0v) is 11.0. The standard InChI is InChI=1S/C5H5N.ClHI.IO3/c1-2-4-6-5-3-1;1-2;2-1(3)4/h1-5H;2H;/q;+1;-1. The Bertz CT molecular complexity index is 125. The van der Waals surface area contributed by atoms with E-state index in [-0.39, 0.29) is 0 Å². The fourth-order valence-corrected chi connectivity index (χ4v) is 0.313. The summed E-state index contributed by atoms with van der Waals surface area (Å²) in [6.45, 7) is 0. The molecule has 0 spiro atoms. The van der Waals surface area contributed by atoms with Gasteiger partial charge in [0, 0.05) is 12.4 Å². The molecule has 0 N–H and O–H groups in total. The van der Waals surface area contributed by atoms with Gasteiger partial charge in [-0.1, -0.05) is 6.07 Å². The molecular formula is C5H6ClI2NO3. The minimum atomic E-state index is -4.01. The van der Waals surface area contributed by atoms with Crippen LogP contribution in [0.5, 0.6) is 0 Å². The smallest absolute Gasteiger partial charge is 0.389 e. The minimum Gasteiger partial charge on any atom is -0.427 e. The average molecular weight is 417 g/mol. The quantitative estimate of drug-likeness (QED) is 0.393. The number of rotatable bonds is 0. The Hall–Kier alpha value is 0.780. The highest BCUT2D eigenvalue weighted by atomic mass is 127. The maximum absolute atomic E-state index is 8.57. The number of halogens is 3. The Morgan fingerprint density at radius 3 is 1.42 bits per heavy atom. The van der Waals surface area contributed by atoms with Crippen LogP contribution in [0.3, 0.4) is 0 Å². The van der Waals surface area contributed by atoms with Gasteiger partial charge in [-0.15, -0.1) is 0 Å². The SMILES string of the molecule is Cl[IH+].[O-][I+2]([O-])[O-].c1ccncc1. The van der Waals surface area contributed by atoms with Crippen LogP contribution in [0.25, 0.3) is 0 Å². The van der Waals surface area contributed by atoms with Crippen LogP contribution >= 0.6 is 8.91 Å². The third kappa shape index (κ3) is 22.4. The normalized spacial score (nSPS) is 7.50. The van der Waals surface area contributed by atoms with Crippen molar-refractivity contribution >= 4 is 8.91 Å². The van der Waals surface area contributed by atoms with E-state index in [9.17, 15) is 0 Å². The first-order valence-corrected chi connectivity index (χ1v) is 8.06. The summed E-state index contributed by atoms with van der Waals surface area (Å²) in [5, 5.41) is 0. The van der Waals surface area contributed by atoms with E-state index in [1.807, 2.05) is 18.2 Å². The minimum absolute atomic E-state index is 1.42. The molecule has 0 bridgehead atoms. The van der Waals surface area contributed by atoms with Gasteiger partial charge in [-0.3, -0.25) is 4.98 Å². The predicted octanol–water partition coefficient (Wildman–Crippen LogP) is -8.06. The first-order chi connectivity index (χ1) is 5.73. The fraction of sp³-hybridized carbons (Fsp3) is 0. The zero-order valence-electron chi connectivity index (χ0n) is 5.72. The number of aromatic nitrogens is 1. The maximum atomic E-state index is 8.57. The molecule has 1 rings (SSSR count). The molecule has 0 unspecified atom stereocenters. The van der Waals surface area contributed by atoms with Crippen LogP contribution in [0.4, 0.5) is 0 Å². The van der Waals surface area contributed by atoms with E-state index >= 15 is 0 Å². The van der Waals surface area contributed by atoms with Gasteiger partial charge in [0.1, 0.15) is 0 Å². The van der Waals surface area contributed by atoms with Crippen LogP contribution in [-0.2, 0) is 0 Å². The van der Waals surface area contributed by atoms with Crippen LogP contribution in [0.15, 0.2) is 30.6 Å². The van der Waals surface area contributed by atoms with Crippen molar-refractivity contribution in [3.05, 3.63) is 30.6 Å². The van der Waals surface area contributed by atoms with E-state index in [4.69, 9.17) is 10.3 Å². The van der Waals surface area contributed by atoms with Crippen molar-refractivity contribution in [1.82, 2.24) is 4.98 Å².